The molecule has 3 fully saturated rings. The molecule has 0 amide bonds. The smallest absolute Gasteiger partial charge is 0.416 e. The maximum Gasteiger partial charge on any atom is 0.416 e. The summed E-state index contributed by atoms with van der Waals surface area (Å²) in [5.41, 5.74) is 19.3. The Labute approximate surface area is 803 Å². The molecule has 0 bridgehead atoms. The van der Waals surface area contributed by atoms with Crippen molar-refractivity contribution in [2.75, 3.05) is 143 Å². The standard InChI is InChI=1S/C30H27F5N6O.C29H28F2N6O.C25H26FN5O.C21H20FN5O/c1-17-10-21-22(11-17)28(32)24(14-23(21)31)42-29-38-26(37-25-12-18(2)16-36-25)15-27(39-29)41-8-6-40(7-9-41)20-5-3-4-19(13-20)30(33,34)35;1-18-12-21-22(13-18)28(31)24(15-23(21)30)38-29-34-26(33-25-14-19(2)17-32-25)16-27(35-29)37-10-8-36(9-11-37)20-6-4-3-5-7-20;1-3-6-17-13-21(27-15-17)28-22-14-23(31-9-4-5-10-31)30-25(29-22)32-20-8-7-18-11-16(2)12-19(18)24(20)26;1-3-4-13-9-18(24-11-13)26-19-10-17(23)25-21(27-19)28-16-6-5-14-7-12(2)8-15(14)20(16)22/h3-5,11-15H,6-10,16H2,1-2H3,(H,36,37,38,39);3-7,13-16H,8-12,17H2,1-2H3,(H,32,33,34,35);3,6-8,12-14H,4-5,9-11,15H2,1-2H3,(H,27,28,29,30);3-6,8-10H,7,11H2,1-2H3,(H3,23,24,25,26,27)/b;;6-3+;4-3+. The second-order valence-electron chi connectivity index (χ2n) is 35.5. The van der Waals surface area contributed by atoms with Crippen molar-refractivity contribution >= 4 is 106 Å². The summed E-state index contributed by atoms with van der Waals surface area (Å²) in [6.45, 7) is 24.7. The number of amidine groups is 4. The number of nitrogens with zero attached hydrogens (tertiary/aromatic N) is 17. The van der Waals surface area contributed by atoms with Gasteiger partial charge in [-0.2, -0.15) is 53.0 Å². The minimum atomic E-state index is -4.42. The molecule has 0 saturated carbocycles. The highest BCUT2D eigenvalue weighted by Gasteiger charge is 2.34. The van der Waals surface area contributed by atoms with Crippen LogP contribution in [0.1, 0.15) is 118 Å². The van der Waals surface area contributed by atoms with Gasteiger partial charge in [-0.3, -0.25) is 20.0 Å². The van der Waals surface area contributed by atoms with Crippen LogP contribution in [0.25, 0.3) is 24.3 Å². The van der Waals surface area contributed by atoms with E-state index in [1.807, 2.05) is 161 Å². The molecule has 21 rings (SSSR count). The highest BCUT2D eigenvalue weighted by Crippen LogP contribution is 2.43. The van der Waals surface area contributed by atoms with Crippen molar-refractivity contribution in [3.05, 3.63) is 293 Å². The molecule has 6 aromatic carbocycles. The van der Waals surface area contributed by atoms with Gasteiger partial charge in [0.25, 0.3) is 0 Å². The van der Waals surface area contributed by atoms with Crippen molar-refractivity contribution in [1.82, 2.24) is 39.9 Å². The maximum absolute atomic E-state index is 15.3. The fourth-order valence-corrected chi connectivity index (χ4v) is 17.7. The molecule has 6 N–H and O–H groups in total. The molecule has 0 spiro atoms. The number of halogens is 9. The second kappa shape index (κ2) is 41.3. The summed E-state index contributed by atoms with van der Waals surface area (Å²) in [5.74, 6) is 3.02. The van der Waals surface area contributed by atoms with Gasteiger partial charge >= 0.3 is 30.2 Å². The number of aromatic nitrogens is 8. The predicted octanol–water partition coefficient (Wildman–Crippen LogP) is 21.8. The molecule has 4 aliphatic carbocycles. The molecule has 0 atom stereocenters. The second-order valence-corrected chi connectivity index (χ2v) is 35.5. The van der Waals surface area contributed by atoms with Crippen molar-refractivity contribution in [2.45, 2.75) is 100 Å². The van der Waals surface area contributed by atoms with Gasteiger partial charge in [0.05, 0.1) is 31.7 Å². The summed E-state index contributed by atoms with van der Waals surface area (Å²) >= 11 is 0. The quantitative estimate of drug-likeness (QED) is 0.0470. The number of piperazine rings is 2. The average Bonchev–Trinajstić information content (AvgIpc) is 1.66. The zero-order valence-corrected chi connectivity index (χ0v) is 78.3. The summed E-state index contributed by atoms with van der Waals surface area (Å²) in [4.78, 5) is 63.6. The van der Waals surface area contributed by atoms with Crippen LogP contribution in [0.4, 0.5) is 97.4 Å². The summed E-state index contributed by atoms with van der Waals surface area (Å²) in [6.07, 6.45) is 22.8. The molecule has 3 saturated heterocycles. The number of alkyl halides is 3. The number of rotatable bonds is 19. The van der Waals surface area contributed by atoms with Crippen LogP contribution in [-0.2, 0) is 31.9 Å². The molecule has 26 nitrogen and oxygen atoms in total. The number of ether oxygens (including phenoxy) is 4. The normalized spacial score (nSPS) is 16.6. The number of allylic oxidation sites excluding steroid dienone is 6. The maximum atomic E-state index is 15.3. The predicted molar refractivity (Wildman–Crippen MR) is 533 cm³/mol. The number of nitrogens with one attached hydrogen (secondary N) is 4. The Bertz CT molecular complexity index is 7000. The molecule has 11 aliphatic rings. The zero-order valence-electron chi connectivity index (χ0n) is 78.3. The first-order chi connectivity index (χ1) is 67.6. The number of hydrogen-bond acceptors (Lipinski definition) is 26. The molecular formula is C105H101F9N22O4. The van der Waals surface area contributed by atoms with E-state index >= 15 is 13.2 Å². The first-order valence-electron chi connectivity index (χ1n) is 46.2. The Balaban J connectivity index is 0.000000125. The van der Waals surface area contributed by atoms with Crippen LogP contribution in [0.5, 0.6) is 47.0 Å². The Hall–Kier alpha value is -15.7. The molecule has 140 heavy (non-hydrogen) atoms. The van der Waals surface area contributed by atoms with E-state index in [2.05, 4.69) is 108 Å². The van der Waals surface area contributed by atoms with Gasteiger partial charge in [0, 0.05) is 147 Å². The largest absolute Gasteiger partial charge is 0.421 e. The van der Waals surface area contributed by atoms with Crippen molar-refractivity contribution in [1.29, 1.82) is 0 Å². The molecule has 0 radical (unpaired) electrons. The lowest BCUT2D eigenvalue weighted by atomic mass is 10.1. The highest BCUT2D eigenvalue weighted by molar-refractivity contribution is 6.07. The molecule has 11 heterocycles. The van der Waals surface area contributed by atoms with Gasteiger partial charge < -0.3 is 70.4 Å². The number of aliphatic imine (C=N–C) groups is 4. The Kier molecular flexibility index (Phi) is 27.9. The molecule has 718 valence electrons. The fraction of sp³-hybridized carbons (Fsp3) is 0.276. The molecular weight excluding hydrogens is 1800 g/mol. The van der Waals surface area contributed by atoms with Crippen molar-refractivity contribution < 1.29 is 58.5 Å². The SMILES string of the molecule is C/C=C/C1=CC(Nc2cc(N)nc(Oc3ccc4c(c3F)C=C(C)C4)n2)=NC1.C/C=C/C1=CC(Nc2cc(N3CCCC3)nc(Oc3ccc4c(c3F)C=C(C)C4)n2)=NC1.CC1=CC(Nc2cc(N3CCN(c4cccc(C(F)(F)F)c4)CC3)nc(Oc3cc(F)c4c(c3F)C=C(C)C4)n2)=NC1.CC1=CC(Nc2cc(N3CCN(c4ccccc4)CC3)nc(Oc3cc(F)c4c(c3F)C=C(C)C4)n2)=NC1. The molecule has 10 aromatic rings. The number of fused-ring (bicyclic) bond motifs is 4. The van der Waals surface area contributed by atoms with Crippen LogP contribution in [0.15, 0.2) is 228 Å². The summed E-state index contributed by atoms with van der Waals surface area (Å²) in [7, 11) is 0. The number of anilines is 10. The van der Waals surface area contributed by atoms with Crippen LogP contribution in [0, 0.1) is 34.9 Å². The Morgan fingerprint density at radius 2 is 0.707 bits per heavy atom. The molecule has 4 aromatic heterocycles. The van der Waals surface area contributed by atoms with Gasteiger partial charge in [0.2, 0.25) is 0 Å². The zero-order chi connectivity index (χ0) is 97.6. The lowest BCUT2D eigenvalue weighted by molar-refractivity contribution is -0.137. The van der Waals surface area contributed by atoms with Crippen molar-refractivity contribution in [3.8, 4) is 47.0 Å². The first-order valence-corrected chi connectivity index (χ1v) is 46.2. The molecule has 7 aliphatic heterocycles. The van der Waals surface area contributed by atoms with E-state index < -0.39 is 40.8 Å². The van der Waals surface area contributed by atoms with Gasteiger partial charge in [-0.15, -0.1) is 0 Å². The lowest BCUT2D eigenvalue weighted by Gasteiger charge is -2.37. The van der Waals surface area contributed by atoms with E-state index in [1.165, 1.54) is 11.8 Å². The van der Waals surface area contributed by atoms with Gasteiger partial charge in [0.15, 0.2) is 46.3 Å². The van der Waals surface area contributed by atoms with Crippen molar-refractivity contribution in [3.63, 3.8) is 0 Å². The van der Waals surface area contributed by atoms with Crippen LogP contribution < -0.4 is 70.4 Å². The number of nitrogens with two attached hydrogens (primary N) is 1. The third kappa shape index (κ3) is 22.4. The Morgan fingerprint density at radius 3 is 1.13 bits per heavy atom. The van der Waals surface area contributed by atoms with E-state index in [0.717, 1.165) is 157 Å². The van der Waals surface area contributed by atoms with Crippen LogP contribution in [0.3, 0.4) is 0 Å². The monoisotopic (exact) mass is 1900 g/mol. The minimum Gasteiger partial charge on any atom is -0.421 e. The highest BCUT2D eigenvalue weighted by atomic mass is 19.4. The van der Waals surface area contributed by atoms with Crippen LogP contribution in [0.2, 0.25) is 0 Å². The van der Waals surface area contributed by atoms with Crippen LogP contribution >= 0.6 is 0 Å². The summed E-state index contributed by atoms with van der Waals surface area (Å²) in [6, 6.07) is 31.5. The summed E-state index contributed by atoms with van der Waals surface area (Å²) < 4.78 is 153. The first kappa shape index (κ1) is 94.6. The topological polar surface area (TPSA) is 280 Å². The van der Waals surface area contributed by atoms with Gasteiger partial charge in [-0.05, 0) is 194 Å². The lowest BCUT2D eigenvalue weighted by Crippen LogP contribution is -2.47. The van der Waals surface area contributed by atoms with E-state index in [1.54, 1.807) is 49.4 Å². The van der Waals surface area contributed by atoms with E-state index in [9.17, 15) is 26.3 Å². The van der Waals surface area contributed by atoms with E-state index in [-0.39, 0.29) is 75.4 Å². The van der Waals surface area contributed by atoms with Gasteiger partial charge in [-0.25, -0.2) is 26.3 Å². The number of nitrogen functional groups attached to an aromatic ring is 1. The Morgan fingerprint density at radius 1 is 0.343 bits per heavy atom. The van der Waals surface area contributed by atoms with E-state index in [0.29, 0.717) is 140 Å². The summed E-state index contributed by atoms with van der Waals surface area (Å²) in [5, 5.41) is 12.7. The molecule has 35 heteroatoms. The van der Waals surface area contributed by atoms with Crippen molar-refractivity contribution in [2.24, 2.45) is 20.0 Å². The third-order valence-electron chi connectivity index (χ3n) is 24.5. The number of benzene rings is 6. The van der Waals surface area contributed by atoms with Crippen LogP contribution in [-0.4, -0.2) is 155 Å². The number of para-hydroxylation sites is 1. The average molecular weight is 1910 g/mol. The van der Waals surface area contributed by atoms with Gasteiger partial charge in [0.1, 0.15) is 81.5 Å². The minimum absolute atomic E-state index is 0.0312. The number of hydrogen-bond donors (Lipinski definition) is 5. The van der Waals surface area contributed by atoms with Gasteiger partial charge in [-0.1, -0.05) is 107 Å². The third-order valence-corrected chi connectivity index (χ3v) is 24.5. The van der Waals surface area contributed by atoms with E-state index in [4.69, 9.17) is 24.7 Å². The fourth-order valence-electron chi connectivity index (χ4n) is 17.7. The molecule has 0 unspecified atom stereocenters.